The van der Waals surface area contributed by atoms with Gasteiger partial charge in [-0.1, -0.05) is 0 Å². The van der Waals surface area contributed by atoms with Crippen LogP contribution in [0.2, 0.25) is 0 Å². The van der Waals surface area contributed by atoms with E-state index >= 15 is 0 Å². The van der Waals surface area contributed by atoms with Crippen LogP contribution in [-0.4, -0.2) is 15.6 Å². The van der Waals surface area contributed by atoms with E-state index in [2.05, 4.69) is 20.8 Å². The number of hydrazine groups is 1. The summed E-state index contributed by atoms with van der Waals surface area (Å²) >= 11 is 0. The number of aromatic nitrogens is 2. The maximum absolute atomic E-state index is 6.00. The zero-order valence-electron chi connectivity index (χ0n) is 7.75. The first-order chi connectivity index (χ1) is 6.68. The zero-order valence-corrected chi connectivity index (χ0v) is 7.75. The van der Waals surface area contributed by atoms with Gasteiger partial charge in [-0.25, -0.2) is 10.4 Å². The number of nitrogens with one attached hydrogen (secondary N) is 3. The highest BCUT2D eigenvalue weighted by molar-refractivity contribution is 5.14. The Morgan fingerprint density at radius 2 is 2.36 bits per heavy atom. The normalized spacial score (nSPS) is 25.9. The molecule has 1 atom stereocenters. The molecule has 76 valence electrons. The lowest BCUT2D eigenvalue weighted by Gasteiger charge is -2.20. The second-order valence-corrected chi connectivity index (χ2v) is 3.47. The molecule has 1 aliphatic rings. The van der Waals surface area contributed by atoms with Crippen LogP contribution in [0.1, 0.15) is 12.1 Å². The number of nitrogens with zero attached hydrogens (tertiary/aromatic N) is 1. The topological polar surface area (TPSA) is 105 Å². The molecular weight excluding hydrogens is 180 g/mol. The molecule has 2 rings (SSSR count). The summed E-state index contributed by atoms with van der Waals surface area (Å²) in [5.74, 6) is 0.567. The summed E-state index contributed by atoms with van der Waals surface area (Å²) < 4.78 is 0. The van der Waals surface area contributed by atoms with E-state index in [9.17, 15) is 0 Å². The van der Waals surface area contributed by atoms with Gasteiger partial charge in [-0.2, -0.15) is 0 Å². The highest BCUT2D eigenvalue weighted by atomic mass is 15.5. The van der Waals surface area contributed by atoms with Gasteiger partial charge in [0.05, 0.1) is 6.33 Å². The minimum Gasteiger partial charge on any atom is -0.385 e. The molecule has 0 spiro atoms. The SMILES string of the molecule is NC1=CC(N)(CCc2cnc[nH]2)NN1. The molecule has 7 N–H and O–H groups in total. The predicted octanol–water partition coefficient (Wildman–Crippen LogP) is -1.09. The van der Waals surface area contributed by atoms with Gasteiger partial charge in [0.15, 0.2) is 0 Å². The monoisotopic (exact) mass is 194 g/mol. The number of rotatable bonds is 3. The first kappa shape index (κ1) is 9.04. The lowest BCUT2D eigenvalue weighted by Crippen LogP contribution is -2.52. The molecule has 0 saturated heterocycles. The number of H-pyrrole nitrogens is 1. The molecule has 1 unspecified atom stereocenters. The van der Waals surface area contributed by atoms with Crippen molar-refractivity contribution in [1.82, 2.24) is 20.8 Å². The fraction of sp³-hybridized carbons (Fsp3) is 0.375. The summed E-state index contributed by atoms with van der Waals surface area (Å²) in [5.41, 5.74) is 17.8. The number of aryl methyl sites for hydroxylation is 1. The highest BCUT2D eigenvalue weighted by Crippen LogP contribution is 2.12. The van der Waals surface area contributed by atoms with Crippen molar-refractivity contribution in [2.45, 2.75) is 18.5 Å². The van der Waals surface area contributed by atoms with E-state index in [1.165, 1.54) is 0 Å². The van der Waals surface area contributed by atoms with E-state index < -0.39 is 5.66 Å². The summed E-state index contributed by atoms with van der Waals surface area (Å²) in [7, 11) is 0. The number of imidazole rings is 1. The minimum absolute atomic E-state index is 0.560. The molecule has 14 heavy (non-hydrogen) atoms. The van der Waals surface area contributed by atoms with Crippen LogP contribution in [0.25, 0.3) is 0 Å². The van der Waals surface area contributed by atoms with E-state index in [-0.39, 0.29) is 0 Å². The Kier molecular flexibility index (Phi) is 2.14. The van der Waals surface area contributed by atoms with Gasteiger partial charge in [0.2, 0.25) is 0 Å². The Labute approximate surface area is 81.7 Å². The smallest absolute Gasteiger partial charge is 0.110 e. The Morgan fingerprint density at radius 3 is 2.93 bits per heavy atom. The van der Waals surface area contributed by atoms with Crippen LogP contribution in [0, 0.1) is 0 Å². The van der Waals surface area contributed by atoms with E-state index in [4.69, 9.17) is 11.5 Å². The quantitative estimate of drug-likeness (QED) is 0.420. The standard InChI is InChI=1S/C8H14N6/c9-7-3-8(10,14-13-7)2-1-6-4-11-5-12-6/h3-5,13-14H,1-2,9-10H2,(H,11,12). The first-order valence-corrected chi connectivity index (χ1v) is 4.46. The van der Waals surface area contributed by atoms with E-state index in [1.807, 2.05) is 0 Å². The van der Waals surface area contributed by atoms with E-state index in [1.54, 1.807) is 18.6 Å². The Balaban J connectivity index is 1.92. The Hall–Kier alpha value is -1.53. The molecule has 1 aromatic heterocycles. The average molecular weight is 194 g/mol. The highest BCUT2D eigenvalue weighted by Gasteiger charge is 2.26. The van der Waals surface area contributed by atoms with Crippen molar-refractivity contribution < 1.29 is 0 Å². The van der Waals surface area contributed by atoms with Crippen molar-refractivity contribution in [3.8, 4) is 0 Å². The fourth-order valence-electron chi connectivity index (χ4n) is 1.44. The van der Waals surface area contributed by atoms with Crippen LogP contribution < -0.4 is 22.3 Å². The largest absolute Gasteiger partial charge is 0.385 e. The summed E-state index contributed by atoms with van der Waals surface area (Å²) in [6, 6.07) is 0. The molecule has 1 aliphatic heterocycles. The first-order valence-electron chi connectivity index (χ1n) is 4.46. The molecule has 1 aromatic rings. The minimum atomic E-state index is -0.560. The van der Waals surface area contributed by atoms with Crippen LogP contribution >= 0.6 is 0 Å². The zero-order chi connectivity index (χ0) is 10.0. The summed E-state index contributed by atoms with van der Waals surface area (Å²) in [4.78, 5) is 6.96. The van der Waals surface area contributed by atoms with Gasteiger partial charge in [-0.15, -0.1) is 0 Å². The number of hydrogen-bond acceptors (Lipinski definition) is 5. The molecule has 0 amide bonds. The number of aromatic amines is 1. The molecule has 0 aliphatic carbocycles. The van der Waals surface area contributed by atoms with Gasteiger partial charge >= 0.3 is 0 Å². The Morgan fingerprint density at radius 1 is 1.50 bits per heavy atom. The summed E-state index contributed by atoms with van der Waals surface area (Å²) in [5, 5.41) is 0. The molecule has 6 heteroatoms. The molecule has 0 aromatic carbocycles. The molecule has 2 heterocycles. The van der Waals surface area contributed by atoms with Gasteiger partial charge in [0.25, 0.3) is 0 Å². The number of hydrogen-bond donors (Lipinski definition) is 5. The van der Waals surface area contributed by atoms with Crippen molar-refractivity contribution in [3.63, 3.8) is 0 Å². The third-order valence-electron chi connectivity index (χ3n) is 2.22. The van der Waals surface area contributed by atoms with Crippen molar-refractivity contribution in [3.05, 3.63) is 30.1 Å². The summed E-state index contributed by atoms with van der Waals surface area (Å²) in [6.07, 6.45) is 6.81. The second kappa shape index (κ2) is 3.32. The maximum Gasteiger partial charge on any atom is 0.110 e. The van der Waals surface area contributed by atoms with Crippen LogP contribution in [0.3, 0.4) is 0 Å². The Bertz CT molecular complexity index is 330. The van der Waals surface area contributed by atoms with Crippen LogP contribution in [0.5, 0.6) is 0 Å². The van der Waals surface area contributed by atoms with Gasteiger partial charge < -0.3 is 21.9 Å². The van der Waals surface area contributed by atoms with Crippen molar-refractivity contribution in [2.75, 3.05) is 0 Å². The molecule has 6 nitrogen and oxygen atoms in total. The van der Waals surface area contributed by atoms with Gasteiger partial charge in [0.1, 0.15) is 11.5 Å². The van der Waals surface area contributed by atoms with E-state index in [0.717, 1.165) is 18.5 Å². The maximum atomic E-state index is 6.00. The van der Waals surface area contributed by atoms with Crippen LogP contribution in [-0.2, 0) is 6.42 Å². The lowest BCUT2D eigenvalue weighted by molar-refractivity contribution is 0.384. The molecule has 0 saturated carbocycles. The predicted molar refractivity (Wildman–Crippen MR) is 52.4 cm³/mol. The third kappa shape index (κ3) is 1.86. The van der Waals surface area contributed by atoms with Gasteiger partial charge in [-0.05, 0) is 18.9 Å². The molecule has 0 fully saturated rings. The van der Waals surface area contributed by atoms with Crippen molar-refractivity contribution >= 4 is 0 Å². The van der Waals surface area contributed by atoms with Crippen LogP contribution in [0.15, 0.2) is 24.4 Å². The average Bonchev–Trinajstić information content (AvgIpc) is 2.73. The van der Waals surface area contributed by atoms with E-state index in [0.29, 0.717) is 5.82 Å². The van der Waals surface area contributed by atoms with Crippen molar-refractivity contribution in [1.29, 1.82) is 0 Å². The second-order valence-electron chi connectivity index (χ2n) is 3.47. The van der Waals surface area contributed by atoms with Gasteiger partial charge in [-0.3, -0.25) is 0 Å². The van der Waals surface area contributed by atoms with Crippen molar-refractivity contribution in [2.24, 2.45) is 11.5 Å². The molecular formula is C8H14N6. The fourth-order valence-corrected chi connectivity index (χ4v) is 1.44. The van der Waals surface area contributed by atoms with Crippen LogP contribution in [0.4, 0.5) is 0 Å². The number of nitrogens with two attached hydrogens (primary N) is 2. The molecule has 0 radical (unpaired) electrons. The lowest BCUT2D eigenvalue weighted by atomic mass is 10.1. The van der Waals surface area contributed by atoms with Gasteiger partial charge in [0, 0.05) is 11.9 Å². The third-order valence-corrected chi connectivity index (χ3v) is 2.22. The molecule has 0 bridgehead atoms. The summed E-state index contributed by atoms with van der Waals surface area (Å²) in [6.45, 7) is 0.